The summed E-state index contributed by atoms with van der Waals surface area (Å²) in [7, 11) is 0. The number of fused-ring (bicyclic) bond motifs is 1. The maximum absolute atomic E-state index is 12.3. The number of rotatable bonds is 4. The molecule has 0 aliphatic heterocycles. The van der Waals surface area contributed by atoms with E-state index in [9.17, 15) is 8.78 Å². The zero-order chi connectivity index (χ0) is 16.4. The highest BCUT2D eigenvalue weighted by Crippen LogP contribution is 2.28. The highest BCUT2D eigenvalue weighted by Gasteiger charge is 2.07. The van der Waals surface area contributed by atoms with Crippen molar-refractivity contribution in [2.75, 3.05) is 5.32 Å². The van der Waals surface area contributed by atoms with E-state index in [1.807, 2.05) is 13.0 Å². The van der Waals surface area contributed by atoms with Gasteiger partial charge in [-0.15, -0.1) is 0 Å². The Morgan fingerprint density at radius 3 is 2.61 bits per heavy atom. The van der Waals surface area contributed by atoms with Crippen LogP contribution in [0.15, 0.2) is 48.7 Å². The van der Waals surface area contributed by atoms with Crippen LogP contribution in [0, 0.1) is 13.8 Å². The first-order chi connectivity index (χ1) is 11.0. The molecule has 1 heterocycles. The molecule has 118 valence electrons. The lowest BCUT2D eigenvalue weighted by Crippen LogP contribution is -2.02. The molecule has 0 aliphatic rings. The summed E-state index contributed by atoms with van der Waals surface area (Å²) in [4.78, 5) is 4.36. The zero-order valence-corrected chi connectivity index (χ0v) is 12.8. The van der Waals surface area contributed by atoms with Crippen molar-refractivity contribution in [2.24, 2.45) is 0 Å². The molecule has 0 saturated heterocycles. The van der Waals surface area contributed by atoms with Gasteiger partial charge in [-0.1, -0.05) is 12.1 Å². The van der Waals surface area contributed by atoms with Gasteiger partial charge in [-0.2, -0.15) is 8.78 Å². The first-order valence-electron chi connectivity index (χ1n) is 7.21. The van der Waals surface area contributed by atoms with Crippen molar-refractivity contribution in [3.05, 3.63) is 59.8 Å². The molecule has 0 atom stereocenters. The summed E-state index contributed by atoms with van der Waals surface area (Å²) in [5.41, 5.74) is 3.02. The molecule has 3 aromatic rings. The number of alkyl halides is 2. The Kier molecular flexibility index (Phi) is 4.10. The number of pyridine rings is 1. The van der Waals surface area contributed by atoms with Gasteiger partial charge in [0.1, 0.15) is 11.6 Å². The first-order valence-corrected chi connectivity index (χ1v) is 7.21. The van der Waals surface area contributed by atoms with Crippen LogP contribution in [0.2, 0.25) is 0 Å². The van der Waals surface area contributed by atoms with E-state index in [2.05, 4.69) is 34.1 Å². The fourth-order valence-electron chi connectivity index (χ4n) is 2.43. The average Bonchev–Trinajstić information content (AvgIpc) is 2.49. The van der Waals surface area contributed by atoms with Crippen molar-refractivity contribution in [2.45, 2.75) is 20.5 Å². The molecule has 0 saturated carbocycles. The average molecular weight is 314 g/mol. The standard InChI is InChI=1S/C18H16F2N2O/c1-11-8-13-6-7-21-17(16(13)9-12(11)2)22-14-4-3-5-15(10-14)23-18(19)20/h3-10,18H,1-2H3,(H,21,22). The lowest BCUT2D eigenvalue weighted by Gasteiger charge is -2.12. The Balaban J connectivity index is 1.97. The molecule has 0 fully saturated rings. The van der Waals surface area contributed by atoms with Crippen LogP contribution >= 0.6 is 0 Å². The van der Waals surface area contributed by atoms with E-state index in [1.165, 1.54) is 23.3 Å². The number of hydrogen-bond donors (Lipinski definition) is 1. The molecule has 0 aliphatic carbocycles. The third kappa shape index (κ3) is 3.39. The van der Waals surface area contributed by atoms with Crippen LogP contribution in [0.5, 0.6) is 5.75 Å². The highest BCUT2D eigenvalue weighted by atomic mass is 19.3. The number of benzene rings is 2. The summed E-state index contributed by atoms with van der Waals surface area (Å²) >= 11 is 0. The van der Waals surface area contributed by atoms with Crippen LogP contribution in [0.1, 0.15) is 11.1 Å². The molecule has 0 spiro atoms. The van der Waals surface area contributed by atoms with E-state index in [0.29, 0.717) is 11.5 Å². The summed E-state index contributed by atoms with van der Waals surface area (Å²) in [6, 6.07) is 12.6. The SMILES string of the molecule is Cc1cc2ccnc(Nc3cccc(OC(F)F)c3)c2cc1C. The second-order valence-electron chi connectivity index (χ2n) is 5.35. The highest BCUT2D eigenvalue weighted by molar-refractivity contribution is 5.94. The number of halogens is 2. The molecule has 0 bridgehead atoms. The fourth-order valence-corrected chi connectivity index (χ4v) is 2.43. The van der Waals surface area contributed by atoms with E-state index >= 15 is 0 Å². The largest absolute Gasteiger partial charge is 0.435 e. The molecule has 0 radical (unpaired) electrons. The Morgan fingerprint density at radius 1 is 1.04 bits per heavy atom. The van der Waals surface area contributed by atoms with Gasteiger partial charge in [-0.05, 0) is 54.6 Å². The minimum absolute atomic E-state index is 0.109. The normalized spacial score (nSPS) is 11.0. The predicted molar refractivity (Wildman–Crippen MR) is 87.6 cm³/mol. The molecule has 2 aromatic carbocycles. The molecule has 0 unspecified atom stereocenters. The van der Waals surface area contributed by atoms with E-state index in [0.717, 1.165) is 10.8 Å². The van der Waals surface area contributed by atoms with Gasteiger partial charge in [0.2, 0.25) is 0 Å². The molecule has 3 rings (SSSR count). The maximum atomic E-state index is 12.3. The smallest absolute Gasteiger partial charge is 0.387 e. The fraction of sp³-hybridized carbons (Fsp3) is 0.167. The Hall–Kier alpha value is -2.69. The quantitative estimate of drug-likeness (QED) is 0.719. The maximum Gasteiger partial charge on any atom is 0.387 e. The molecule has 5 heteroatoms. The Labute approximate surface area is 132 Å². The molecular weight excluding hydrogens is 298 g/mol. The van der Waals surface area contributed by atoms with Crippen LogP contribution in [0.3, 0.4) is 0 Å². The van der Waals surface area contributed by atoms with Crippen molar-refractivity contribution < 1.29 is 13.5 Å². The number of ether oxygens (including phenoxy) is 1. The predicted octanol–water partition coefficient (Wildman–Crippen LogP) is 5.20. The van der Waals surface area contributed by atoms with Crippen LogP contribution in [-0.4, -0.2) is 11.6 Å². The van der Waals surface area contributed by atoms with Gasteiger partial charge >= 0.3 is 6.61 Å². The minimum Gasteiger partial charge on any atom is -0.435 e. The van der Waals surface area contributed by atoms with E-state index in [-0.39, 0.29) is 5.75 Å². The van der Waals surface area contributed by atoms with E-state index in [4.69, 9.17) is 0 Å². The minimum atomic E-state index is -2.84. The Bertz CT molecular complexity index is 850. The number of nitrogens with one attached hydrogen (secondary N) is 1. The van der Waals surface area contributed by atoms with Gasteiger partial charge in [-0.25, -0.2) is 4.98 Å². The third-order valence-corrected chi connectivity index (χ3v) is 3.70. The number of hydrogen-bond acceptors (Lipinski definition) is 3. The van der Waals surface area contributed by atoms with Crippen molar-refractivity contribution >= 4 is 22.3 Å². The summed E-state index contributed by atoms with van der Waals surface area (Å²) < 4.78 is 29.1. The van der Waals surface area contributed by atoms with Gasteiger partial charge in [0.25, 0.3) is 0 Å². The molecule has 0 amide bonds. The van der Waals surface area contributed by atoms with Crippen molar-refractivity contribution in [3.63, 3.8) is 0 Å². The molecular formula is C18H16F2N2O. The van der Waals surface area contributed by atoms with Crippen LogP contribution in [-0.2, 0) is 0 Å². The van der Waals surface area contributed by atoms with E-state index < -0.39 is 6.61 Å². The number of aryl methyl sites for hydroxylation is 2. The molecule has 23 heavy (non-hydrogen) atoms. The summed E-state index contributed by atoms with van der Waals surface area (Å²) in [5, 5.41) is 5.23. The number of nitrogens with zero attached hydrogens (tertiary/aromatic N) is 1. The lowest BCUT2D eigenvalue weighted by atomic mass is 10.0. The van der Waals surface area contributed by atoms with E-state index in [1.54, 1.807) is 18.3 Å². The third-order valence-electron chi connectivity index (χ3n) is 3.70. The molecule has 3 nitrogen and oxygen atoms in total. The summed E-state index contributed by atoms with van der Waals surface area (Å²) in [6.45, 7) is 1.27. The lowest BCUT2D eigenvalue weighted by molar-refractivity contribution is -0.0497. The molecule has 1 aromatic heterocycles. The van der Waals surface area contributed by atoms with Crippen LogP contribution in [0.4, 0.5) is 20.3 Å². The first kappa shape index (κ1) is 15.2. The number of anilines is 2. The summed E-state index contributed by atoms with van der Waals surface area (Å²) in [5.74, 6) is 0.789. The number of aromatic nitrogens is 1. The second-order valence-corrected chi connectivity index (χ2v) is 5.35. The van der Waals surface area contributed by atoms with Gasteiger partial charge in [0.15, 0.2) is 0 Å². The molecule has 1 N–H and O–H groups in total. The van der Waals surface area contributed by atoms with Crippen molar-refractivity contribution in [1.29, 1.82) is 0 Å². The second kappa shape index (κ2) is 6.20. The monoisotopic (exact) mass is 314 g/mol. The van der Waals surface area contributed by atoms with Crippen molar-refractivity contribution in [3.8, 4) is 5.75 Å². The zero-order valence-electron chi connectivity index (χ0n) is 12.8. The van der Waals surface area contributed by atoms with Crippen LogP contribution < -0.4 is 10.1 Å². The topological polar surface area (TPSA) is 34.2 Å². The van der Waals surface area contributed by atoms with Crippen molar-refractivity contribution in [1.82, 2.24) is 4.98 Å². The summed E-state index contributed by atoms with van der Waals surface area (Å²) in [6.07, 6.45) is 1.72. The van der Waals surface area contributed by atoms with Gasteiger partial charge < -0.3 is 10.1 Å². The van der Waals surface area contributed by atoms with Crippen LogP contribution in [0.25, 0.3) is 10.8 Å². The van der Waals surface area contributed by atoms with Gasteiger partial charge in [-0.3, -0.25) is 0 Å². The Morgan fingerprint density at radius 2 is 1.83 bits per heavy atom. The van der Waals surface area contributed by atoms with Gasteiger partial charge in [0.05, 0.1) is 0 Å². The van der Waals surface area contributed by atoms with Gasteiger partial charge in [0, 0.05) is 23.3 Å².